The van der Waals surface area contributed by atoms with Crippen molar-refractivity contribution in [1.29, 1.82) is 0 Å². The summed E-state index contributed by atoms with van der Waals surface area (Å²) in [4.78, 5) is 25.8. The van der Waals surface area contributed by atoms with Crippen molar-refractivity contribution in [1.82, 2.24) is 15.6 Å². The molecule has 0 saturated carbocycles. The molecule has 17 nitrogen and oxygen atoms in total. The van der Waals surface area contributed by atoms with Crippen LogP contribution in [0.5, 0.6) is 5.88 Å². The third-order valence-electron chi connectivity index (χ3n) is 10.5. The summed E-state index contributed by atoms with van der Waals surface area (Å²) in [5.41, 5.74) is 0. The number of rotatable bonds is 18. The molecule has 27 heteroatoms. The Hall–Kier alpha value is -3.92. The second-order valence-corrected chi connectivity index (χ2v) is 17.0. The van der Waals surface area contributed by atoms with Gasteiger partial charge in [-0.3, -0.25) is 9.59 Å². The molecule has 1 N–H and O–H groups in total. The third kappa shape index (κ3) is 13.8. The molecule has 0 amide bonds. The Morgan fingerprint density at radius 2 is 1.09 bits per heavy atom. The molecule has 2 fully saturated rings. The normalized spacial score (nSPS) is 17.1. The van der Waals surface area contributed by atoms with Crippen molar-refractivity contribution in [3.63, 3.8) is 0 Å². The zero-order valence-electron chi connectivity index (χ0n) is 37.4. The summed E-state index contributed by atoms with van der Waals surface area (Å²) in [7, 11) is 1.91. The number of carbonyl (C=O) groups is 2. The predicted octanol–water partition coefficient (Wildman–Crippen LogP) is 6.75. The number of halogens is 9. The van der Waals surface area contributed by atoms with Gasteiger partial charge in [-0.25, -0.2) is 0 Å². The van der Waals surface area contributed by atoms with Gasteiger partial charge in [-0.1, -0.05) is 32.9 Å². The van der Waals surface area contributed by atoms with Gasteiger partial charge < -0.3 is 51.9 Å². The van der Waals surface area contributed by atoms with Gasteiger partial charge in [0.1, 0.15) is 11.8 Å². The summed E-state index contributed by atoms with van der Waals surface area (Å²) in [5, 5.41) is 3.16. The number of aromatic nitrogens is 2. The molecule has 0 aliphatic carbocycles. The topological polar surface area (TPSA) is 200 Å². The standard InChI is InChI=1S/C17H28N2O5.C13H12F9NO6S.C8H17NO2/c1-11(2)15(16(20)21-3)13-10-14(18-24-13)19-8-6-12(7-9-19)17(22-4)23-5;1-5(2)8(9(24)27-3)6-4-7(23-28-6)29-30(25,26)13(21,22)11(16,17)10(14,15)12(18,19)20;1-10-8(11-2)7-3-5-9-6-4-7/h10-12,15,17H,6-9H2,1-5H3;4-5,8H,1-3H3;7-9H,3-6H2,1-2H3. The Bertz CT molecular complexity index is 1860. The van der Waals surface area contributed by atoms with E-state index in [4.69, 9.17) is 28.2 Å². The van der Waals surface area contributed by atoms with Crippen molar-refractivity contribution in [2.45, 2.75) is 101 Å². The number of ether oxygens (including phenoxy) is 6. The monoisotopic (exact) mass is 980 g/mol. The van der Waals surface area contributed by atoms with Gasteiger partial charge in [0.15, 0.2) is 29.9 Å². The van der Waals surface area contributed by atoms with Crippen LogP contribution in [0.25, 0.3) is 0 Å². The summed E-state index contributed by atoms with van der Waals surface area (Å²) in [5.74, 6) is -18.3. The maximum atomic E-state index is 13.6. The number of anilines is 1. The fraction of sp³-hybridized carbons (Fsp3) is 0.789. The lowest BCUT2D eigenvalue weighted by Gasteiger charge is -2.34. The van der Waals surface area contributed by atoms with E-state index in [0.717, 1.165) is 64.8 Å². The molecule has 0 aromatic carbocycles. The molecular weight excluding hydrogens is 923 g/mol. The van der Waals surface area contributed by atoms with Crippen LogP contribution in [0.3, 0.4) is 0 Å². The number of esters is 2. The molecule has 2 aliphatic rings. The van der Waals surface area contributed by atoms with Crippen molar-refractivity contribution in [3.05, 3.63) is 23.7 Å². The van der Waals surface area contributed by atoms with Crippen LogP contribution in [0.1, 0.15) is 76.7 Å². The van der Waals surface area contributed by atoms with Crippen molar-refractivity contribution < 1.29 is 99.2 Å². The second-order valence-electron chi connectivity index (χ2n) is 15.4. The van der Waals surface area contributed by atoms with Gasteiger partial charge in [0, 0.05) is 65.5 Å². The van der Waals surface area contributed by atoms with Crippen LogP contribution in [0.4, 0.5) is 45.3 Å². The number of nitrogens with one attached hydrogen (secondary N) is 1. The second kappa shape index (κ2) is 24.2. The molecule has 0 radical (unpaired) electrons. The molecule has 2 aliphatic heterocycles. The molecule has 0 bridgehead atoms. The first-order valence-electron chi connectivity index (χ1n) is 19.9. The van der Waals surface area contributed by atoms with E-state index in [1.54, 1.807) is 28.4 Å². The SMILES string of the molecule is COC(=O)C(c1cc(N2CCC(C(OC)OC)CC2)no1)C(C)C.COC(=O)C(c1cc(OS(=O)(=O)C(F)(F)C(F)(F)C(F)(F)C(F)(F)F)no1)C(C)C.COC(OC)C1CCNCC1. The number of hydrogen-bond acceptors (Lipinski definition) is 17. The molecule has 376 valence electrons. The molecule has 2 aromatic heterocycles. The number of hydrogen-bond donors (Lipinski definition) is 1. The highest BCUT2D eigenvalue weighted by Gasteiger charge is 2.86. The Labute approximate surface area is 370 Å². The van der Waals surface area contributed by atoms with Crippen LogP contribution in [-0.2, 0) is 48.1 Å². The van der Waals surface area contributed by atoms with Gasteiger partial charge in [0.25, 0.3) is 5.88 Å². The van der Waals surface area contributed by atoms with Crippen LogP contribution in [0.15, 0.2) is 21.2 Å². The number of nitrogens with zero attached hydrogens (tertiary/aromatic N) is 3. The summed E-state index contributed by atoms with van der Waals surface area (Å²) < 4.78 is 182. The lowest BCUT2D eigenvalue weighted by Crippen LogP contribution is -2.63. The average Bonchev–Trinajstić information content (AvgIpc) is 3.92. The minimum atomic E-state index is -7.46. The number of piperidine rings is 2. The van der Waals surface area contributed by atoms with Gasteiger partial charge in [-0.15, -0.1) is 0 Å². The summed E-state index contributed by atoms with van der Waals surface area (Å²) in [6.45, 7) is 10.7. The quantitative estimate of drug-likeness (QED) is 0.0711. The molecule has 2 saturated heterocycles. The van der Waals surface area contributed by atoms with Crippen molar-refractivity contribution in [3.8, 4) is 5.88 Å². The lowest BCUT2D eigenvalue weighted by atomic mass is 9.93. The minimum absolute atomic E-state index is 0.00269. The van der Waals surface area contributed by atoms with E-state index in [9.17, 15) is 57.5 Å². The van der Waals surface area contributed by atoms with Crippen LogP contribution in [-0.4, -0.2) is 135 Å². The lowest BCUT2D eigenvalue weighted by molar-refractivity contribution is -0.382. The zero-order valence-corrected chi connectivity index (χ0v) is 38.2. The molecule has 2 aromatic rings. The van der Waals surface area contributed by atoms with E-state index in [1.165, 1.54) is 21.0 Å². The smallest absolute Gasteiger partial charge is 0.460 e. The van der Waals surface area contributed by atoms with Gasteiger partial charge in [-0.2, -0.15) is 47.9 Å². The maximum Gasteiger partial charge on any atom is 0.460 e. The first-order valence-corrected chi connectivity index (χ1v) is 21.3. The molecule has 2 atom stereocenters. The predicted molar refractivity (Wildman–Crippen MR) is 209 cm³/mol. The Kier molecular flexibility index (Phi) is 21.3. The summed E-state index contributed by atoms with van der Waals surface area (Å²) in [6, 6.07) is 2.21. The van der Waals surface area contributed by atoms with E-state index in [2.05, 4.69) is 34.0 Å². The van der Waals surface area contributed by atoms with E-state index in [-0.39, 0.29) is 24.5 Å². The molecule has 0 spiro atoms. The third-order valence-corrected chi connectivity index (χ3v) is 11.7. The van der Waals surface area contributed by atoms with E-state index >= 15 is 0 Å². The maximum absolute atomic E-state index is 13.6. The van der Waals surface area contributed by atoms with Crippen molar-refractivity contribution in [2.24, 2.45) is 23.7 Å². The highest BCUT2D eigenvalue weighted by Crippen LogP contribution is 2.55. The minimum Gasteiger partial charge on any atom is -0.468 e. The molecular formula is C38H57F9N4O13S. The van der Waals surface area contributed by atoms with E-state index in [0.29, 0.717) is 23.7 Å². The molecule has 65 heavy (non-hydrogen) atoms. The van der Waals surface area contributed by atoms with Crippen molar-refractivity contribution in [2.75, 3.05) is 73.7 Å². The molecule has 2 unspecified atom stereocenters. The van der Waals surface area contributed by atoms with Gasteiger partial charge >= 0.3 is 45.3 Å². The van der Waals surface area contributed by atoms with Crippen LogP contribution >= 0.6 is 0 Å². The van der Waals surface area contributed by atoms with Crippen molar-refractivity contribution >= 4 is 27.9 Å². The van der Waals surface area contributed by atoms with Gasteiger partial charge in [0.2, 0.25) is 0 Å². The fourth-order valence-electron chi connectivity index (χ4n) is 6.88. The van der Waals surface area contributed by atoms with Crippen LogP contribution in [0.2, 0.25) is 0 Å². The molecule has 4 heterocycles. The average molecular weight is 981 g/mol. The molecule has 4 rings (SSSR count). The van der Waals surface area contributed by atoms with Gasteiger partial charge in [-0.05, 0) is 55.8 Å². The summed E-state index contributed by atoms with van der Waals surface area (Å²) in [6.07, 6.45) is -3.15. The van der Waals surface area contributed by atoms with Crippen LogP contribution < -0.4 is 14.4 Å². The Morgan fingerprint density at radius 1 is 0.677 bits per heavy atom. The van der Waals surface area contributed by atoms with Gasteiger partial charge in [0.05, 0.1) is 14.2 Å². The first kappa shape index (κ1) is 57.2. The highest BCUT2D eigenvalue weighted by atomic mass is 32.2. The van der Waals surface area contributed by atoms with E-state index in [1.807, 2.05) is 19.9 Å². The summed E-state index contributed by atoms with van der Waals surface area (Å²) >= 11 is 0. The first-order chi connectivity index (χ1) is 30.1. The number of alkyl halides is 9. The van der Waals surface area contributed by atoms with Crippen LogP contribution in [0, 0.1) is 23.7 Å². The largest absolute Gasteiger partial charge is 0.468 e. The zero-order chi connectivity index (χ0) is 49.7. The number of methoxy groups -OCH3 is 6. The van der Waals surface area contributed by atoms with E-state index < -0.39 is 68.8 Å². The fourth-order valence-corrected chi connectivity index (χ4v) is 7.73. The number of carbonyl (C=O) groups excluding carboxylic acids is 2. The Balaban J connectivity index is 0.000000368. The Morgan fingerprint density at radius 3 is 1.49 bits per heavy atom. The highest BCUT2D eigenvalue weighted by molar-refractivity contribution is 7.88.